The van der Waals surface area contributed by atoms with Crippen molar-refractivity contribution in [1.82, 2.24) is 19.7 Å². The normalized spacial score (nSPS) is 10.3. The molecule has 3 aromatic rings. The Hall–Kier alpha value is -3.40. The smallest absolute Gasteiger partial charge is 0.143 e. The number of hydrogen-bond acceptors (Lipinski definition) is 6. The summed E-state index contributed by atoms with van der Waals surface area (Å²) in [6.45, 7) is 5.28. The lowest BCUT2D eigenvalue weighted by molar-refractivity contribution is 0.828. The second-order valence-electron chi connectivity index (χ2n) is 5.61. The first-order chi connectivity index (χ1) is 12.2. The van der Waals surface area contributed by atoms with Crippen LogP contribution in [0.15, 0.2) is 42.7 Å². The molecule has 3 rings (SSSR count). The van der Waals surface area contributed by atoms with E-state index in [1.807, 2.05) is 36.7 Å². The number of hydrogen-bond donors (Lipinski definition) is 2. The average Bonchev–Trinajstić information content (AvgIpc) is 2.98. The lowest BCUT2D eigenvalue weighted by atomic mass is 10.3. The van der Waals surface area contributed by atoms with Gasteiger partial charge < -0.3 is 10.6 Å². The van der Waals surface area contributed by atoms with E-state index < -0.39 is 0 Å². The number of aromatic nitrogens is 4. The monoisotopic (exact) mass is 333 g/mol. The van der Waals surface area contributed by atoms with E-state index in [9.17, 15) is 0 Å². The van der Waals surface area contributed by atoms with Crippen LogP contribution in [0.25, 0.3) is 5.69 Å². The SMILES string of the molecule is Cc1cc(C)n(-c2ccc(NCCNc3ncccc3C#N)nc2)n1. The Labute approximate surface area is 146 Å². The van der Waals surface area contributed by atoms with Crippen LogP contribution < -0.4 is 10.6 Å². The molecule has 0 aliphatic carbocycles. The average molecular weight is 333 g/mol. The highest BCUT2D eigenvalue weighted by Crippen LogP contribution is 2.13. The van der Waals surface area contributed by atoms with Crippen molar-refractivity contribution in [3.05, 3.63) is 59.7 Å². The molecule has 2 N–H and O–H groups in total. The van der Waals surface area contributed by atoms with E-state index >= 15 is 0 Å². The number of aryl methyl sites for hydroxylation is 2. The predicted molar refractivity (Wildman–Crippen MR) is 96.8 cm³/mol. The molecule has 0 saturated heterocycles. The minimum Gasteiger partial charge on any atom is -0.368 e. The van der Waals surface area contributed by atoms with E-state index in [2.05, 4.69) is 31.8 Å². The maximum absolute atomic E-state index is 9.03. The molecule has 0 aliphatic rings. The summed E-state index contributed by atoms with van der Waals surface area (Å²) < 4.78 is 1.87. The second kappa shape index (κ2) is 7.45. The topological polar surface area (TPSA) is 91.5 Å². The van der Waals surface area contributed by atoms with E-state index in [1.54, 1.807) is 24.5 Å². The molecule has 0 bridgehead atoms. The highest BCUT2D eigenvalue weighted by Gasteiger charge is 2.04. The second-order valence-corrected chi connectivity index (χ2v) is 5.61. The van der Waals surface area contributed by atoms with Gasteiger partial charge in [-0.2, -0.15) is 10.4 Å². The summed E-state index contributed by atoms with van der Waals surface area (Å²) in [4.78, 5) is 8.58. The van der Waals surface area contributed by atoms with Gasteiger partial charge in [0.2, 0.25) is 0 Å². The molecule has 0 fully saturated rings. The third-order valence-corrected chi connectivity index (χ3v) is 3.65. The van der Waals surface area contributed by atoms with Gasteiger partial charge in [-0.3, -0.25) is 0 Å². The summed E-state index contributed by atoms with van der Waals surface area (Å²) in [5.41, 5.74) is 3.53. The van der Waals surface area contributed by atoms with Crippen LogP contribution in [0, 0.1) is 25.2 Å². The first-order valence-electron chi connectivity index (χ1n) is 8.00. The molecule has 25 heavy (non-hydrogen) atoms. The van der Waals surface area contributed by atoms with Crippen LogP contribution in [-0.4, -0.2) is 32.8 Å². The zero-order valence-corrected chi connectivity index (χ0v) is 14.2. The van der Waals surface area contributed by atoms with E-state index in [0.29, 0.717) is 24.5 Å². The largest absolute Gasteiger partial charge is 0.368 e. The minimum atomic E-state index is 0.537. The molecule has 0 atom stereocenters. The molecule has 0 radical (unpaired) electrons. The first kappa shape index (κ1) is 16.5. The summed E-state index contributed by atoms with van der Waals surface area (Å²) >= 11 is 0. The molecule has 3 heterocycles. The molecule has 3 aromatic heterocycles. The summed E-state index contributed by atoms with van der Waals surface area (Å²) in [7, 11) is 0. The Kier molecular flexibility index (Phi) is 4.90. The molecule has 0 aromatic carbocycles. The molecule has 0 spiro atoms. The van der Waals surface area contributed by atoms with Crippen molar-refractivity contribution in [2.75, 3.05) is 23.7 Å². The fourth-order valence-electron chi connectivity index (χ4n) is 2.51. The Bertz CT molecular complexity index is 891. The van der Waals surface area contributed by atoms with Crippen LogP contribution >= 0.6 is 0 Å². The third-order valence-electron chi connectivity index (χ3n) is 3.65. The first-order valence-corrected chi connectivity index (χ1v) is 8.00. The van der Waals surface area contributed by atoms with E-state index in [1.165, 1.54) is 0 Å². The van der Waals surface area contributed by atoms with Crippen molar-refractivity contribution in [3.63, 3.8) is 0 Å². The molecule has 7 heteroatoms. The third kappa shape index (κ3) is 3.93. The number of nitriles is 1. The predicted octanol–water partition coefficient (Wildman–Crippen LogP) is 2.67. The van der Waals surface area contributed by atoms with Gasteiger partial charge in [0, 0.05) is 25.0 Å². The van der Waals surface area contributed by atoms with Gasteiger partial charge in [-0.05, 0) is 44.2 Å². The maximum Gasteiger partial charge on any atom is 0.143 e. The number of anilines is 2. The van der Waals surface area contributed by atoms with Gasteiger partial charge in [0.05, 0.1) is 23.1 Å². The highest BCUT2D eigenvalue weighted by atomic mass is 15.3. The van der Waals surface area contributed by atoms with Crippen molar-refractivity contribution in [2.45, 2.75) is 13.8 Å². The van der Waals surface area contributed by atoms with Crippen molar-refractivity contribution < 1.29 is 0 Å². The molecule has 0 saturated carbocycles. The Morgan fingerprint density at radius 1 is 1.12 bits per heavy atom. The zero-order chi connectivity index (χ0) is 17.6. The van der Waals surface area contributed by atoms with Crippen molar-refractivity contribution in [2.24, 2.45) is 0 Å². The zero-order valence-electron chi connectivity index (χ0n) is 14.2. The van der Waals surface area contributed by atoms with Gasteiger partial charge in [0.25, 0.3) is 0 Å². The number of nitrogens with zero attached hydrogens (tertiary/aromatic N) is 5. The van der Waals surface area contributed by atoms with E-state index in [4.69, 9.17) is 5.26 Å². The number of nitrogens with one attached hydrogen (secondary N) is 2. The van der Waals surface area contributed by atoms with Gasteiger partial charge in [-0.25, -0.2) is 14.6 Å². The van der Waals surface area contributed by atoms with Crippen molar-refractivity contribution in [3.8, 4) is 11.8 Å². The fourth-order valence-corrected chi connectivity index (χ4v) is 2.51. The van der Waals surface area contributed by atoms with Gasteiger partial charge in [-0.1, -0.05) is 0 Å². The van der Waals surface area contributed by atoms with Gasteiger partial charge in [0.15, 0.2) is 0 Å². The molecule has 7 nitrogen and oxygen atoms in total. The summed E-state index contributed by atoms with van der Waals surface area (Å²) in [6.07, 6.45) is 3.46. The van der Waals surface area contributed by atoms with E-state index in [0.717, 1.165) is 22.9 Å². The Morgan fingerprint density at radius 2 is 1.96 bits per heavy atom. The lowest BCUT2D eigenvalue weighted by Crippen LogP contribution is -2.15. The van der Waals surface area contributed by atoms with Crippen LogP contribution in [0.2, 0.25) is 0 Å². The molecule has 126 valence electrons. The molecule has 0 unspecified atom stereocenters. The van der Waals surface area contributed by atoms with Crippen molar-refractivity contribution in [1.29, 1.82) is 5.26 Å². The highest BCUT2D eigenvalue weighted by molar-refractivity contribution is 5.51. The fraction of sp³-hybridized carbons (Fsp3) is 0.222. The summed E-state index contributed by atoms with van der Waals surface area (Å²) in [5, 5.41) is 19.9. The summed E-state index contributed by atoms with van der Waals surface area (Å²) in [5.74, 6) is 1.38. The molecule has 0 amide bonds. The van der Waals surface area contributed by atoms with Crippen LogP contribution in [0.4, 0.5) is 11.6 Å². The van der Waals surface area contributed by atoms with Crippen LogP contribution in [0.5, 0.6) is 0 Å². The Morgan fingerprint density at radius 3 is 2.64 bits per heavy atom. The lowest BCUT2D eigenvalue weighted by Gasteiger charge is -2.09. The Balaban J connectivity index is 1.54. The van der Waals surface area contributed by atoms with Gasteiger partial charge in [0.1, 0.15) is 17.7 Å². The summed E-state index contributed by atoms with van der Waals surface area (Å²) in [6, 6.07) is 11.5. The van der Waals surface area contributed by atoms with E-state index in [-0.39, 0.29) is 0 Å². The standard InChI is InChI=1S/C18H19N7/c1-13-10-14(2)25(24-13)16-5-6-17(23-12-16)20-8-9-22-18-15(11-19)4-3-7-21-18/h3-7,10,12H,8-9H2,1-2H3,(H,20,23)(H,21,22). The molecule has 0 aliphatic heterocycles. The number of rotatable bonds is 6. The van der Waals surface area contributed by atoms with Crippen molar-refractivity contribution >= 4 is 11.6 Å². The van der Waals surface area contributed by atoms with Gasteiger partial charge in [-0.15, -0.1) is 0 Å². The quantitative estimate of drug-likeness (QED) is 0.674. The van der Waals surface area contributed by atoms with Crippen LogP contribution in [0.3, 0.4) is 0 Å². The molecular weight excluding hydrogens is 314 g/mol. The number of pyridine rings is 2. The van der Waals surface area contributed by atoms with Gasteiger partial charge >= 0.3 is 0 Å². The van der Waals surface area contributed by atoms with Crippen LogP contribution in [-0.2, 0) is 0 Å². The van der Waals surface area contributed by atoms with Crippen LogP contribution in [0.1, 0.15) is 17.0 Å². The maximum atomic E-state index is 9.03. The minimum absolute atomic E-state index is 0.537. The molecular formula is C18H19N7.